The van der Waals surface area contributed by atoms with Gasteiger partial charge in [0.05, 0.1) is 12.0 Å². The number of carbonyl (C=O) groups is 3. The molecule has 6 nitrogen and oxygen atoms in total. The van der Waals surface area contributed by atoms with Crippen LogP contribution in [0.3, 0.4) is 0 Å². The molecule has 0 unspecified atom stereocenters. The first kappa shape index (κ1) is 19.8. The number of ether oxygens (including phenoxy) is 1. The van der Waals surface area contributed by atoms with Gasteiger partial charge in [-0.15, -0.1) is 0 Å². The lowest BCUT2D eigenvalue weighted by Crippen LogP contribution is -2.42. The fourth-order valence-electron chi connectivity index (χ4n) is 3.07. The van der Waals surface area contributed by atoms with Crippen molar-refractivity contribution in [3.8, 4) is 0 Å². The first-order valence-corrected chi connectivity index (χ1v) is 8.58. The summed E-state index contributed by atoms with van der Waals surface area (Å²) < 4.78 is 5.06. The van der Waals surface area contributed by atoms with Crippen LogP contribution < -0.4 is 5.32 Å². The fraction of sp³-hybridized carbons (Fsp3) is 0.450. The average molecular weight is 359 g/mol. The van der Waals surface area contributed by atoms with Crippen molar-refractivity contribution in [3.05, 3.63) is 40.5 Å². The fourth-order valence-corrected chi connectivity index (χ4v) is 3.07. The summed E-state index contributed by atoms with van der Waals surface area (Å²) in [5.41, 5.74) is 0.952. The number of amides is 1. The average Bonchev–Trinajstić information content (AvgIpc) is 2.59. The molecule has 0 fully saturated rings. The third kappa shape index (κ3) is 3.85. The third-order valence-corrected chi connectivity index (χ3v) is 4.58. The van der Waals surface area contributed by atoms with Crippen LogP contribution in [0.2, 0.25) is 0 Å². The Morgan fingerprint density at radius 1 is 1.27 bits per heavy atom. The van der Waals surface area contributed by atoms with Crippen LogP contribution in [-0.4, -0.2) is 42.8 Å². The Labute approximate surface area is 153 Å². The monoisotopic (exact) mass is 359 g/mol. The number of methoxy groups -OCH3 is 1. The molecule has 0 bridgehead atoms. The predicted octanol–water partition coefficient (Wildman–Crippen LogP) is 2.10. The number of aryl methyl sites for hydroxylation is 1. The molecule has 0 saturated heterocycles. The van der Waals surface area contributed by atoms with Gasteiger partial charge in [0.25, 0.3) is 5.91 Å². The van der Waals surface area contributed by atoms with Crippen molar-refractivity contribution in [2.24, 2.45) is 0 Å². The zero-order valence-electron chi connectivity index (χ0n) is 15.6. The van der Waals surface area contributed by atoms with Crippen LogP contribution in [0, 0.1) is 0 Å². The minimum absolute atomic E-state index is 0.186. The molecule has 140 valence electrons. The van der Waals surface area contributed by atoms with Crippen molar-refractivity contribution in [1.29, 1.82) is 0 Å². The molecule has 0 heterocycles. The van der Waals surface area contributed by atoms with Crippen molar-refractivity contribution in [2.45, 2.75) is 39.0 Å². The molecule has 1 aromatic carbocycles. The largest absolute Gasteiger partial charge is 0.506 e. The molecule has 1 aliphatic carbocycles. The van der Waals surface area contributed by atoms with Crippen LogP contribution in [0.5, 0.6) is 0 Å². The van der Waals surface area contributed by atoms with E-state index in [2.05, 4.69) is 5.32 Å². The summed E-state index contributed by atoms with van der Waals surface area (Å²) in [6.45, 7) is 5.26. The smallest absolute Gasteiger partial charge is 0.259 e. The van der Waals surface area contributed by atoms with Gasteiger partial charge in [0.2, 0.25) is 0 Å². The Morgan fingerprint density at radius 2 is 1.96 bits per heavy atom. The highest BCUT2D eigenvalue weighted by molar-refractivity contribution is 6.28. The first-order chi connectivity index (χ1) is 12.2. The number of Topliss-reactive ketones (excluding diaryl/α,β-unsaturated/α-hetero) is 2. The highest BCUT2D eigenvalue weighted by Crippen LogP contribution is 2.39. The minimum Gasteiger partial charge on any atom is -0.506 e. The number of rotatable bonds is 7. The van der Waals surface area contributed by atoms with Gasteiger partial charge >= 0.3 is 0 Å². The number of benzene rings is 1. The van der Waals surface area contributed by atoms with Crippen LogP contribution in [0.15, 0.2) is 23.8 Å². The molecule has 0 aliphatic heterocycles. The summed E-state index contributed by atoms with van der Waals surface area (Å²) in [6.07, 6.45) is 1.64. The molecule has 2 N–H and O–H groups in total. The molecule has 6 heteroatoms. The lowest BCUT2D eigenvalue weighted by molar-refractivity contribution is -0.126. The van der Waals surface area contributed by atoms with E-state index in [0.29, 0.717) is 17.7 Å². The standard InChI is InChI=1S/C20H25NO5/c1-12(22)11-21-19(25)16-17(23)14-8-7-13(6-5-9-26-4)10-15(14)20(2,3)18(16)24/h7-8,10,23H,5-6,9,11H2,1-4H3,(H,21,25). The Hall–Kier alpha value is -2.47. The molecule has 2 rings (SSSR count). The van der Waals surface area contributed by atoms with Crippen LogP contribution >= 0.6 is 0 Å². The molecular formula is C20H25NO5. The second kappa shape index (κ2) is 7.83. The van der Waals surface area contributed by atoms with Crippen LogP contribution in [0.4, 0.5) is 0 Å². The number of aliphatic hydroxyl groups is 1. The molecule has 0 atom stereocenters. The quantitative estimate of drug-likeness (QED) is 0.574. The summed E-state index contributed by atoms with van der Waals surface area (Å²) in [6, 6.07) is 5.52. The molecule has 1 aliphatic rings. The van der Waals surface area contributed by atoms with Gasteiger partial charge < -0.3 is 15.2 Å². The highest BCUT2D eigenvalue weighted by atomic mass is 16.5. The molecule has 0 spiro atoms. The van der Waals surface area contributed by atoms with Crippen LogP contribution in [-0.2, 0) is 31.0 Å². The van der Waals surface area contributed by atoms with E-state index >= 15 is 0 Å². The molecule has 0 saturated carbocycles. The van der Waals surface area contributed by atoms with Gasteiger partial charge in [-0.3, -0.25) is 14.4 Å². The van der Waals surface area contributed by atoms with E-state index in [9.17, 15) is 19.5 Å². The molecule has 26 heavy (non-hydrogen) atoms. The Balaban J connectivity index is 2.43. The summed E-state index contributed by atoms with van der Waals surface area (Å²) in [7, 11) is 1.65. The minimum atomic E-state index is -0.957. The predicted molar refractivity (Wildman–Crippen MR) is 97.9 cm³/mol. The van der Waals surface area contributed by atoms with E-state index in [1.807, 2.05) is 12.1 Å². The normalized spacial score (nSPS) is 15.6. The number of fused-ring (bicyclic) bond motifs is 1. The summed E-state index contributed by atoms with van der Waals surface area (Å²) >= 11 is 0. The van der Waals surface area contributed by atoms with Gasteiger partial charge in [0, 0.05) is 19.3 Å². The summed E-state index contributed by atoms with van der Waals surface area (Å²) in [5, 5.41) is 12.9. The van der Waals surface area contributed by atoms with E-state index in [0.717, 1.165) is 18.4 Å². The number of carbonyl (C=O) groups excluding carboxylic acids is 3. The van der Waals surface area contributed by atoms with Gasteiger partial charge in [-0.25, -0.2) is 0 Å². The highest BCUT2D eigenvalue weighted by Gasteiger charge is 2.43. The number of hydrogen-bond acceptors (Lipinski definition) is 5. The summed E-state index contributed by atoms with van der Waals surface area (Å²) in [4.78, 5) is 36.3. The van der Waals surface area contributed by atoms with Gasteiger partial charge in [-0.2, -0.15) is 0 Å². The topological polar surface area (TPSA) is 92.7 Å². The van der Waals surface area contributed by atoms with Crippen molar-refractivity contribution in [2.75, 3.05) is 20.3 Å². The zero-order chi connectivity index (χ0) is 19.5. The Kier molecular flexibility index (Phi) is 5.97. The van der Waals surface area contributed by atoms with E-state index < -0.39 is 17.1 Å². The number of nitrogens with one attached hydrogen (secondary N) is 1. The van der Waals surface area contributed by atoms with E-state index in [4.69, 9.17) is 4.74 Å². The third-order valence-electron chi connectivity index (χ3n) is 4.58. The van der Waals surface area contributed by atoms with Crippen molar-refractivity contribution >= 4 is 23.2 Å². The van der Waals surface area contributed by atoms with E-state index in [1.54, 1.807) is 27.0 Å². The van der Waals surface area contributed by atoms with Gasteiger partial charge in [0.1, 0.15) is 17.1 Å². The van der Waals surface area contributed by atoms with E-state index in [1.165, 1.54) is 6.92 Å². The molecule has 1 aromatic rings. The Bertz CT molecular complexity index is 776. The van der Waals surface area contributed by atoms with Gasteiger partial charge in [-0.05, 0) is 44.7 Å². The molecule has 0 aromatic heterocycles. The van der Waals surface area contributed by atoms with Crippen molar-refractivity contribution < 1.29 is 24.2 Å². The number of ketones is 2. The summed E-state index contributed by atoms with van der Waals surface area (Å²) in [5.74, 6) is -1.76. The zero-order valence-corrected chi connectivity index (χ0v) is 15.6. The van der Waals surface area contributed by atoms with Crippen LogP contribution in [0.25, 0.3) is 5.76 Å². The maximum atomic E-state index is 12.9. The lowest BCUT2D eigenvalue weighted by atomic mass is 9.70. The van der Waals surface area contributed by atoms with E-state index in [-0.39, 0.29) is 23.7 Å². The van der Waals surface area contributed by atoms with Gasteiger partial charge in [0.15, 0.2) is 5.78 Å². The molecule has 1 amide bonds. The van der Waals surface area contributed by atoms with Crippen molar-refractivity contribution in [1.82, 2.24) is 5.32 Å². The second-order valence-corrected chi connectivity index (χ2v) is 7.04. The number of aliphatic hydroxyl groups excluding tert-OH is 1. The number of hydrogen-bond donors (Lipinski definition) is 2. The molecular weight excluding hydrogens is 334 g/mol. The SMILES string of the molecule is COCCCc1ccc2c(c1)C(C)(C)C(=O)C(C(=O)NCC(C)=O)=C2O. The van der Waals surface area contributed by atoms with Crippen molar-refractivity contribution in [3.63, 3.8) is 0 Å². The second-order valence-electron chi connectivity index (χ2n) is 7.04. The molecule has 0 radical (unpaired) electrons. The van der Waals surface area contributed by atoms with Gasteiger partial charge in [-0.1, -0.05) is 18.2 Å². The Morgan fingerprint density at radius 3 is 2.58 bits per heavy atom. The maximum absolute atomic E-state index is 12.9. The first-order valence-electron chi connectivity index (χ1n) is 8.58. The van der Waals surface area contributed by atoms with Crippen LogP contribution in [0.1, 0.15) is 43.9 Å². The maximum Gasteiger partial charge on any atom is 0.259 e. The lowest BCUT2D eigenvalue weighted by Gasteiger charge is -2.32.